The molecule has 1 aromatic heterocycles. The number of ether oxygens (including phenoxy) is 1. The quantitative estimate of drug-likeness (QED) is 0.717. The van der Waals surface area contributed by atoms with Crippen molar-refractivity contribution in [2.24, 2.45) is 0 Å². The first-order valence-corrected chi connectivity index (χ1v) is 5.87. The Bertz CT molecular complexity index is 661. The van der Waals surface area contributed by atoms with E-state index >= 15 is 0 Å². The summed E-state index contributed by atoms with van der Waals surface area (Å²) < 4.78 is 5.45. The Labute approximate surface area is 108 Å². The zero-order valence-corrected chi connectivity index (χ0v) is 9.97. The summed E-state index contributed by atoms with van der Waals surface area (Å²) in [6.07, 6.45) is 0. The van der Waals surface area contributed by atoms with Crippen molar-refractivity contribution in [2.75, 3.05) is 6.61 Å². The number of aromatic amines is 2. The van der Waals surface area contributed by atoms with Crippen molar-refractivity contribution in [3.05, 3.63) is 46.1 Å². The summed E-state index contributed by atoms with van der Waals surface area (Å²) in [7, 11) is 0. The van der Waals surface area contributed by atoms with E-state index in [1.807, 2.05) is 24.3 Å². The minimum absolute atomic E-state index is 0.145. The van der Waals surface area contributed by atoms with Gasteiger partial charge in [0.25, 0.3) is 0 Å². The second-order valence-corrected chi connectivity index (χ2v) is 4.24. The zero-order valence-electron chi connectivity index (χ0n) is 9.97. The number of rotatable bonds is 3. The van der Waals surface area contributed by atoms with Gasteiger partial charge in [-0.15, -0.1) is 0 Å². The van der Waals surface area contributed by atoms with Crippen molar-refractivity contribution in [3.63, 3.8) is 0 Å². The van der Waals surface area contributed by atoms with Crippen LogP contribution >= 0.6 is 0 Å². The molecule has 2 aromatic rings. The third-order valence-corrected chi connectivity index (χ3v) is 3.00. The molecule has 1 aromatic carbocycles. The van der Waals surface area contributed by atoms with E-state index in [0.29, 0.717) is 12.4 Å². The minimum atomic E-state index is -0.390. The van der Waals surface area contributed by atoms with Gasteiger partial charge in [-0.2, -0.15) is 5.10 Å². The maximum absolute atomic E-state index is 12.1. The smallest absolute Gasteiger partial charge is 0.340 e. The van der Waals surface area contributed by atoms with E-state index in [-0.39, 0.29) is 18.4 Å². The second-order valence-electron chi connectivity index (χ2n) is 4.24. The fraction of sp³-hybridized carbons (Fsp3) is 0.250. The third kappa shape index (κ3) is 2.22. The van der Waals surface area contributed by atoms with E-state index < -0.39 is 5.69 Å². The summed E-state index contributed by atoms with van der Waals surface area (Å²) in [4.78, 5) is 25.4. The van der Waals surface area contributed by atoms with Gasteiger partial charge in [0, 0.05) is 5.56 Å². The molecule has 0 radical (unpaired) electrons. The van der Waals surface area contributed by atoms with Crippen LogP contribution in [0.25, 0.3) is 0 Å². The molecule has 0 unspecified atom stereocenters. The summed E-state index contributed by atoms with van der Waals surface area (Å²) in [5.41, 5.74) is 0.495. The molecule has 1 amide bonds. The van der Waals surface area contributed by atoms with Gasteiger partial charge < -0.3 is 10.1 Å². The van der Waals surface area contributed by atoms with Crippen molar-refractivity contribution in [1.82, 2.24) is 20.5 Å². The summed E-state index contributed by atoms with van der Waals surface area (Å²) in [6, 6.07) is 7.46. The van der Waals surface area contributed by atoms with Gasteiger partial charge in [-0.3, -0.25) is 9.78 Å². The summed E-state index contributed by atoms with van der Waals surface area (Å²) >= 11 is 0. The van der Waals surface area contributed by atoms with Crippen LogP contribution in [-0.2, 0) is 11.3 Å². The Morgan fingerprint density at radius 1 is 1.47 bits per heavy atom. The summed E-state index contributed by atoms with van der Waals surface area (Å²) in [5, 5.41) is 8.68. The largest absolute Gasteiger partial charge is 0.492 e. The number of H-pyrrole nitrogens is 2. The number of nitrogens with zero attached hydrogens (tertiary/aromatic N) is 1. The predicted octanol–water partition coefficient (Wildman–Crippen LogP) is -0.110. The number of para-hydroxylation sites is 1. The highest BCUT2D eigenvalue weighted by molar-refractivity contribution is 5.85. The van der Waals surface area contributed by atoms with Gasteiger partial charge >= 0.3 is 5.69 Å². The molecule has 0 saturated carbocycles. The molecule has 0 spiro atoms. The van der Waals surface area contributed by atoms with E-state index in [0.717, 1.165) is 11.3 Å². The average molecular weight is 260 g/mol. The number of carbonyl (C=O) groups is 1. The number of hydrogen-bond acceptors (Lipinski definition) is 4. The topological polar surface area (TPSA) is 99.9 Å². The molecule has 7 heteroatoms. The fourth-order valence-electron chi connectivity index (χ4n) is 2.06. The Morgan fingerprint density at radius 3 is 3.11 bits per heavy atom. The van der Waals surface area contributed by atoms with Crippen molar-refractivity contribution in [2.45, 2.75) is 12.5 Å². The first kappa shape index (κ1) is 11.5. The Hall–Kier alpha value is -2.57. The predicted molar refractivity (Wildman–Crippen MR) is 65.7 cm³/mol. The summed E-state index contributed by atoms with van der Waals surface area (Å²) in [6.45, 7) is 0.512. The molecule has 0 saturated heterocycles. The van der Waals surface area contributed by atoms with E-state index in [4.69, 9.17) is 4.74 Å². The maximum Gasteiger partial charge on any atom is 0.340 e. The number of nitrogens with one attached hydrogen (secondary N) is 3. The monoisotopic (exact) mass is 260 g/mol. The van der Waals surface area contributed by atoms with Crippen LogP contribution in [-0.4, -0.2) is 27.7 Å². The summed E-state index contributed by atoms with van der Waals surface area (Å²) in [5.74, 6) is 0.678. The molecule has 2 heterocycles. The molecular weight excluding hydrogens is 248 g/mol. The van der Waals surface area contributed by atoms with Crippen LogP contribution in [0.2, 0.25) is 0 Å². The Balaban J connectivity index is 1.67. The molecule has 1 aliphatic rings. The molecule has 98 valence electrons. The standard InChI is InChI=1S/C12H12N4O3/c17-11(13-5-10-14-12(18)16-15-10)8-6-19-9-4-2-1-3-7(8)9/h1-4,8H,5-6H2,(H,13,17)(H2,14,15,16,18)/t8-/m0/s1. The van der Waals surface area contributed by atoms with E-state index in [1.165, 1.54) is 0 Å². The number of carbonyl (C=O) groups excluding carboxylic acids is 1. The van der Waals surface area contributed by atoms with E-state index in [1.54, 1.807) is 0 Å². The fourth-order valence-corrected chi connectivity index (χ4v) is 2.06. The van der Waals surface area contributed by atoms with Crippen molar-refractivity contribution in [3.8, 4) is 5.75 Å². The van der Waals surface area contributed by atoms with Gasteiger partial charge in [-0.25, -0.2) is 9.89 Å². The van der Waals surface area contributed by atoms with E-state index in [9.17, 15) is 9.59 Å². The molecule has 7 nitrogen and oxygen atoms in total. The SMILES string of the molecule is O=C(NCc1n[nH]c(=O)[nH]1)[C@H]1COc2ccccc21. The van der Waals surface area contributed by atoms with Gasteiger partial charge in [0.2, 0.25) is 5.91 Å². The lowest BCUT2D eigenvalue weighted by atomic mass is 10.0. The second kappa shape index (κ2) is 4.60. The molecule has 1 aliphatic heterocycles. The van der Waals surface area contributed by atoms with Crippen LogP contribution in [0, 0.1) is 0 Å². The molecule has 0 aliphatic carbocycles. The van der Waals surface area contributed by atoms with Crippen molar-refractivity contribution in [1.29, 1.82) is 0 Å². The van der Waals surface area contributed by atoms with Gasteiger partial charge in [0.05, 0.1) is 6.54 Å². The molecule has 0 fully saturated rings. The number of amides is 1. The normalized spacial score (nSPS) is 16.7. The van der Waals surface area contributed by atoms with Crippen LogP contribution in [0.15, 0.2) is 29.1 Å². The molecule has 3 N–H and O–H groups in total. The van der Waals surface area contributed by atoms with Gasteiger partial charge in [-0.1, -0.05) is 18.2 Å². The van der Waals surface area contributed by atoms with Gasteiger partial charge in [-0.05, 0) is 6.07 Å². The highest BCUT2D eigenvalue weighted by Gasteiger charge is 2.29. The minimum Gasteiger partial charge on any atom is -0.492 e. The lowest BCUT2D eigenvalue weighted by molar-refractivity contribution is -0.122. The van der Waals surface area contributed by atoms with Crippen molar-refractivity contribution >= 4 is 5.91 Å². The Morgan fingerprint density at radius 2 is 2.32 bits per heavy atom. The van der Waals surface area contributed by atoms with Crippen molar-refractivity contribution < 1.29 is 9.53 Å². The van der Waals surface area contributed by atoms with Crippen LogP contribution in [0.3, 0.4) is 0 Å². The first-order chi connectivity index (χ1) is 9.24. The molecule has 0 bridgehead atoms. The highest BCUT2D eigenvalue weighted by atomic mass is 16.5. The molecule has 3 rings (SSSR count). The zero-order chi connectivity index (χ0) is 13.2. The number of fused-ring (bicyclic) bond motifs is 1. The van der Waals surface area contributed by atoms with Crippen LogP contribution in [0.4, 0.5) is 0 Å². The molecule has 1 atom stereocenters. The van der Waals surface area contributed by atoms with Crippen LogP contribution < -0.4 is 15.7 Å². The average Bonchev–Trinajstić information content (AvgIpc) is 3.02. The lowest BCUT2D eigenvalue weighted by Gasteiger charge is -2.08. The highest BCUT2D eigenvalue weighted by Crippen LogP contribution is 2.33. The van der Waals surface area contributed by atoms with Crippen LogP contribution in [0.1, 0.15) is 17.3 Å². The maximum atomic E-state index is 12.1. The number of benzene rings is 1. The first-order valence-electron chi connectivity index (χ1n) is 5.87. The van der Waals surface area contributed by atoms with E-state index in [2.05, 4.69) is 20.5 Å². The Kier molecular flexibility index (Phi) is 2.79. The number of aromatic nitrogens is 3. The molecule has 19 heavy (non-hydrogen) atoms. The third-order valence-electron chi connectivity index (χ3n) is 3.00. The van der Waals surface area contributed by atoms with Crippen LogP contribution in [0.5, 0.6) is 5.75 Å². The molecular formula is C12H12N4O3. The number of hydrogen-bond donors (Lipinski definition) is 3. The van der Waals surface area contributed by atoms with Gasteiger partial charge in [0.15, 0.2) is 0 Å². The van der Waals surface area contributed by atoms with Gasteiger partial charge in [0.1, 0.15) is 24.1 Å². The lowest BCUT2D eigenvalue weighted by Crippen LogP contribution is -2.30.